The molecule has 2 aromatic carbocycles. The second-order valence-electron chi connectivity index (χ2n) is 11.6. The molecule has 1 heterocycles. The summed E-state index contributed by atoms with van der Waals surface area (Å²) in [5.74, 6) is -1.76. The van der Waals surface area contributed by atoms with Crippen molar-refractivity contribution in [2.45, 2.75) is 44.8 Å². The van der Waals surface area contributed by atoms with Gasteiger partial charge in [-0.1, -0.05) is 29.3 Å². The van der Waals surface area contributed by atoms with Crippen molar-refractivity contribution in [3.8, 4) is 23.0 Å². The van der Waals surface area contributed by atoms with Crippen molar-refractivity contribution in [1.29, 1.82) is 0 Å². The number of carbonyl (C=O) groups excluding carboxylic acids is 2. The number of ether oxygens (including phenoxy) is 5. The predicted molar refractivity (Wildman–Crippen MR) is 170 cm³/mol. The second-order valence-corrected chi connectivity index (χ2v) is 14.0. The Morgan fingerprint density at radius 2 is 1.53 bits per heavy atom. The highest BCUT2D eigenvalue weighted by molar-refractivity contribution is 7.86. The summed E-state index contributed by atoms with van der Waals surface area (Å²) in [5.41, 5.74) is 0.367. The van der Waals surface area contributed by atoms with E-state index in [-0.39, 0.29) is 68.7 Å². The van der Waals surface area contributed by atoms with Gasteiger partial charge in [-0.2, -0.15) is 21.9 Å². The van der Waals surface area contributed by atoms with Gasteiger partial charge in [0.25, 0.3) is 0 Å². The molecule has 2 aliphatic carbocycles. The van der Waals surface area contributed by atoms with E-state index in [1.165, 1.54) is 30.3 Å². The number of esters is 2. The lowest BCUT2D eigenvalue weighted by atomic mass is 10.0. The summed E-state index contributed by atoms with van der Waals surface area (Å²) in [5, 5.41) is 11.7. The van der Waals surface area contributed by atoms with E-state index in [9.17, 15) is 32.0 Å². The molecular formula is C32H31Cl2F2NO11S. The van der Waals surface area contributed by atoms with Gasteiger partial charge in [-0.05, 0) is 67.3 Å². The molecule has 0 spiro atoms. The zero-order valence-corrected chi connectivity index (χ0v) is 28.3. The summed E-state index contributed by atoms with van der Waals surface area (Å²) in [6.07, 6.45) is 5.41. The zero-order valence-electron chi connectivity index (χ0n) is 25.9. The Labute approximate surface area is 290 Å². The Morgan fingerprint density at radius 3 is 2.12 bits per heavy atom. The molecule has 0 radical (unpaired) electrons. The van der Waals surface area contributed by atoms with Crippen molar-refractivity contribution in [2.75, 3.05) is 26.1 Å². The van der Waals surface area contributed by atoms with Crippen molar-refractivity contribution in [2.24, 2.45) is 11.8 Å². The van der Waals surface area contributed by atoms with Crippen molar-refractivity contribution in [3.05, 3.63) is 80.7 Å². The lowest BCUT2D eigenvalue weighted by Crippen LogP contribution is -2.26. The minimum atomic E-state index is -3.98. The molecule has 2 fully saturated rings. The molecule has 0 amide bonds. The molecule has 264 valence electrons. The third kappa shape index (κ3) is 11.0. The molecule has 3 aromatic rings. The van der Waals surface area contributed by atoms with Crippen LogP contribution in [0.3, 0.4) is 0 Å². The minimum absolute atomic E-state index is 0.0171. The molecule has 0 saturated heterocycles. The molecule has 2 saturated carbocycles. The van der Waals surface area contributed by atoms with E-state index in [1.807, 2.05) is 0 Å². The number of pyridine rings is 1. The van der Waals surface area contributed by atoms with Crippen LogP contribution >= 0.6 is 23.2 Å². The highest BCUT2D eigenvalue weighted by atomic mass is 35.5. The number of rotatable bonds is 17. The molecule has 1 atom stereocenters. The number of benzene rings is 2. The van der Waals surface area contributed by atoms with E-state index < -0.39 is 41.4 Å². The maximum atomic E-state index is 13.1. The monoisotopic (exact) mass is 745 g/mol. The largest absolute Gasteiger partial charge is 0.619 e. The standard InChI is InChI=1S/C32H31Cl2F2NO11S/c1-49(41,42)48-29-11-21(7-8-25(29)43-15-18-2-3-18)31(39)45-17-30(38)46-27(12-22-23(33)13-37(40)14-24(22)34)20-6-9-26(47-32(35)36)28(10-20)44-16-19-4-5-19/h6-11,13-14,18-19,27,32H,2-5,12,15-17H2,1H3. The first-order valence-electron chi connectivity index (χ1n) is 15.0. The average molecular weight is 747 g/mol. The Balaban J connectivity index is 1.33. The number of hydrogen-bond acceptors (Lipinski definition) is 11. The smallest absolute Gasteiger partial charge is 0.387 e. The van der Waals surface area contributed by atoms with Crippen LogP contribution in [0.15, 0.2) is 48.8 Å². The average Bonchev–Trinajstić information content (AvgIpc) is 3.95. The SMILES string of the molecule is CS(=O)(=O)Oc1cc(C(=O)OCC(=O)OC(Cc2c(Cl)c[n+]([O-])cc2Cl)c2ccc(OC(F)F)c(OCC3CC3)c2)ccc1OCC1CC1. The van der Waals surface area contributed by atoms with Crippen molar-refractivity contribution >= 4 is 45.3 Å². The molecule has 49 heavy (non-hydrogen) atoms. The van der Waals surface area contributed by atoms with Gasteiger partial charge in [0.2, 0.25) is 0 Å². The number of aromatic nitrogens is 1. The molecule has 0 N–H and O–H groups in total. The lowest BCUT2D eigenvalue weighted by Gasteiger charge is -2.21. The van der Waals surface area contributed by atoms with E-state index in [0.717, 1.165) is 50.4 Å². The molecule has 1 unspecified atom stereocenters. The van der Waals surface area contributed by atoms with Crippen LogP contribution in [-0.4, -0.2) is 53.0 Å². The minimum Gasteiger partial charge on any atom is -0.619 e. The van der Waals surface area contributed by atoms with E-state index >= 15 is 0 Å². The van der Waals surface area contributed by atoms with Crippen LogP contribution in [0.25, 0.3) is 0 Å². The van der Waals surface area contributed by atoms with Gasteiger partial charge in [0.05, 0.1) is 25.0 Å². The highest BCUT2D eigenvalue weighted by Gasteiger charge is 2.28. The van der Waals surface area contributed by atoms with Crippen LogP contribution in [-0.2, 0) is 30.8 Å². The quantitative estimate of drug-likeness (QED) is 0.0711. The molecule has 17 heteroatoms. The molecule has 2 aliphatic rings. The van der Waals surface area contributed by atoms with Crippen LogP contribution in [0.1, 0.15) is 53.3 Å². The van der Waals surface area contributed by atoms with E-state index in [1.54, 1.807) is 0 Å². The van der Waals surface area contributed by atoms with Gasteiger partial charge >= 0.3 is 28.7 Å². The summed E-state index contributed by atoms with van der Waals surface area (Å²) < 4.78 is 82.1. The normalized spacial score (nSPS) is 15.0. The van der Waals surface area contributed by atoms with Gasteiger partial charge in [-0.15, -0.1) is 0 Å². The first kappa shape index (κ1) is 36.2. The van der Waals surface area contributed by atoms with Crippen LogP contribution in [0.5, 0.6) is 23.0 Å². The van der Waals surface area contributed by atoms with Crippen molar-refractivity contribution < 1.29 is 59.4 Å². The summed E-state index contributed by atoms with van der Waals surface area (Å²) in [7, 11) is -3.98. The van der Waals surface area contributed by atoms with Crippen molar-refractivity contribution in [1.82, 2.24) is 0 Å². The number of carbonyl (C=O) groups is 2. The van der Waals surface area contributed by atoms with Gasteiger partial charge in [0.1, 0.15) is 16.1 Å². The molecule has 1 aromatic heterocycles. The predicted octanol–water partition coefficient (Wildman–Crippen LogP) is 5.83. The first-order valence-corrected chi connectivity index (χ1v) is 17.6. The van der Waals surface area contributed by atoms with Crippen LogP contribution in [0.2, 0.25) is 10.0 Å². The molecule has 0 bridgehead atoms. The summed E-state index contributed by atoms with van der Waals surface area (Å²) in [6.45, 7) is -3.40. The third-order valence-corrected chi connectivity index (χ3v) is 8.49. The molecule has 5 rings (SSSR count). The number of halogens is 4. The summed E-state index contributed by atoms with van der Waals surface area (Å²) in [6, 6.07) is 7.78. The second kappa shape index (κ2) is 15.6. The Morgan fingerprint density at radius 1 is 0.918 bits per heavy atom. The number of alkyl halides is 2. The Kier molecular flexibility index (Phi) is 11.6. The summed E-state index contributed by atoms with van der Waals surface area (Å²) >= 11 is 12.6. The van der Waals surface area contributed by atoms with Crippen LogP contribution in [0, 0.1) is 17.0 Å². The van der Waals surface area contributed by atoms with Crippen molar-refractivity contribution in [3.63, 3.8) is 0 Å². The van der Waals surface area contributed by atoms with Gasteiger partial charge < -0.3 is 33.1 Å². The van der Waals surface area contributed by atoms with Gasteiger partial charge in [-0.3, -0.25) is 0 Å². The fourth-order valence-electron chi connectivity index (χ4n) is 4.54. The number of hydrogen-bond donors (Lipinski definition) is 0. The van der Waals surface area contributed by atoms with Gasteiger partial charge in [0, 0.05) is 18.1 Å². The van der Waals surface area contributed by atoms with Crippen LogP contribution < -0.4 is 23.1 Å². The van der Waals surface area contributed by atoms with Gasteiger partial charge in [-0.25, -0.2) is 9.59 Å². The van der Waals surface area contributed by atoms with E-state index in [4.69, 9.17) is 46.3 Å². The fraction of sp³-hybridized carbons (Fsp3) is 0.406. The lowest BCUT2D eigenvalue weighted by molar-refractivity contribution is -0.605. The Bertz CT molecular complexity index is 1780. The topological polar surface area (TPSA) is 151 Å². The molecule has 0 aliphatic heterocycles. The number of nitrogens with zero attached hydrogens (tertiary/aromatic N) is 1. The first-order chi connectivity index (χ1) is 23.2. The van der Waals surface area contributed by atoms with E-state index in [2.05, 4.69) is 4.74 Å². The van der Waals surface area contributed by atoms with E-state index in [0.29, 0.717) is 17.3 Å². The summed E-state index contributed by atoms with van der Waals surface area (Å²) in [4.78, 5) is 26.0. The maximum absolute atomic E-state index is 13.1. The third-order valence-electron chi connectivity index (χ3n) is 7.36. The van der Waals surface area contributed by atoms with Crippen LogP contribution in [0.4, 0.5) is 8.78 Å². The van der Waals surface area contributed by atoms with Gasteiger partial charge in [0.15, 0.2) is 42.0 Å². The maximum Gasteiger partial charge on any atom is 0.387 e. The zero-order chi connectivity index (χ0) is 35.3. The molecule has 12 nitrogen and oxygen atoms in total. The fourth-order valence-corrected chi connectivity index (χ4v) is 5.59. The molecular weight excluding hydrogens is 715 g/mol. The highest BCUT2D eigenvalue weighted by Crippen LogP contribution is 2.38. The Hall–Kier alpha value is -4.08.